The maximum atomic E-state index is 6.83. The highest BCUT2D eigenvalue weighted by atomic mass is 32.1. The van der Waals surface area contributed by atoms with Crippen LogP contribution < -0.4 is 0 Å². The molecule has 0 radical (unpaired) electrons. The molecule has 1 aliphatic rings. The SMILES string of the molecule is CN1CCC(OC(c2cccc(-c3ccnn3COCC[Si](C)(C)C)c2)c2nc3ccccc3s2)CC1. The summed E-state index contributed by atoms with van der Waals surface area (Å²) in [6.07, 6.45) is 3.96. The van der Waals surface area contributed by atoms with Gasteiger partial charge in [-0.25, -0.2) is 9.67 Å². The van der Waals surface area contributed by atoms with Gasteiger partial charge in [-0.15, -0.1) is 11.3 Å². The number of hydrogen-bond acceptors (Lipinski definition) is 6. The van der Waals surface area contributed by atoms with Crippen LogP contribution in [-0.2, 0) is 16.2 Å². The molecule has 196 valence electrons. The quantitative estimate of drug-likeness (QED) is 0.168. The second-order valence-corrected chi connectivity index (χ2v) is 17.9. The van der Waals surface area contributed by atoms with Crippen LogP contribution in [0.1, 0.15) is 29.5 Å². The molecular weight excluding hydrogens is 496 g/mol. The minimum atomic E-state index is -1.12. The first-order chi connectivity index (χ1) is 17.9. The van der Waals surface area contributed by atoms with E-state index in [-0.39, 0.29) is 12.2 Å². The minimum Gasteiger partial charge on any atom is -0.363 e. The number of likely N-dealkylation sites (tertiary alicyclic amines) is 1. The number of fused-ring (bicyclic) bond motifs is 1. The first-order valence-electron chi connectivity index (χ1n) is 13.3. The first-order valence-corrected chi connectivity index (χ1v) is 17.8. The summed E-state index contributed by atoms with van der Waals surface area (Å²) in [5.41, 5.74) is 4.33. The van der Waals surface area contributed by atoms with E-state index in [1.54, 1.807) is 11.3 Å². The zero-order valence-electron chi connectivity index (χ0n) is 22.4. The molecule has 0 N–H and O–H groups in total. The summed E-state index contributed by atoms with van der Waals surface area (Å²) in [5, 5.41) is 5.56. The Morgan fingerprint density at radius 1 is 1.05 bits per heavy atom. The van der Waals surface area contributed by atoms with E-state index < -0.39 is 8.07 Å². The number of thiazole rings is 1. The largest absolute Gasteiger partial charge is 0.363 e. The normalized spacial score (nSPS) is 16.4. The van der Waals surface area contributed by atoms with Crippen molar-refractivity contribution in [1.29, 1.82) is 0 Å². The van der Waals surface area contributed by atoms with E-state index in [9.17, 15) is 0 Å². The highest BCUT2D eigenvalue weighted by molar-refractivity contribution is 7.18. The van der Waals surface area contributed by atoms with Crippen LogP contribution in [0, 0.1) is 0 Å². The number of ether oxygens (including phenoxy) is 2. The van der Waals surface area contributed by atoms with Crippen molar-refractivity contribution >= 4 is 29.6 Å². The highest BCUT2D eigenvalue weighted by Crippen LogP contribution is 2.36. The van der Waals surface area contributed by atoms with Crippen molar-refractivity contribution in [3.8, 4) is 11.3 Å². The number of piperidine rings is 1. The summed E-state index contributed by atoms with van der Waals surface area (Å²) in [6.45, 7) is 10.5. The lowest BCUT2D eigenvalue weighted by Crippen LogP contribution is -2.35. The molecule has 1 atom stereocenters. The molecule has 0 saturated carbocycles. The fourth-order valence-corrected chi connectivity index (χ4v) is 6.46. The summed E-state index contributed by atoms with van der Waals surface area (Å²) < 4.78 is 16.0. The van der Waals surface area contributed by atoms with Crippen LogP contribution in [0.5, 0.6) is 0 Å². The van der Waals surface area contributed by atoms with Gasteiger partial charge in [-0.05, 0) is 55.8 Å². The van der Waals surface area contributed by atoms with E-state index >= 15 is 0 Å². The first kappa shape index (κ1) is 26.3. The van der Waals surface area contributed by atoms with E-state index in [4.69, 9.17) is 14.5 Å². The zero-order valence-corrected chi connectivity index (χ0v) is 24.2. The van der Waals surface area contributed by atoms with Crippen LogP contribution in [0.15, 0.2) is 60.8 Å². The van der Waals surface area contributed by atoms with Crippen LogP contribution in [0.2, 0.25) is 25.7 Å². The number of rotatable bonds is 10. The summed E-state index contributed by atoms with van der Waals surface area (Å²) in [5.74, 6) is 0. The van der Waals surface area contributed by atoms with Gasteiger partial charge in [-0.2, -0.15) is 5.10 Å². The Kier molecular flexibility index (Phi) is 8.21. The van der Waals surface area contributed by atoms with E-state index in [2.05, 4.69) is 85.2 Å². The highest BCUT2D eigenvalue weighted by Gasteiger charge is 2.26. The van der Waals surface area contributed by atoms with E-state index in [1.807, 2.05) is 16.9 Å². The van der Waals surface area contributed by atoms with Crippen molar-refractivity contribution in [2.45, 2.75) is 57.5 Å². The predicted molar refractivity (Wildman–Crippen MR) is 155 cm³/mol. The van der Waals surface area contributed by atoms with Crippen molar-refractivity contribution in [3.63, 3.8) is 0 Å². The summed E-state index contributed by atoms with van der Waals surface area (Å²) in [7, 11) is 1.06. The molecule has 1 aliphatic heterocycles. The lowest BCUT2D eigenvalue weighted by molar-refractivity contribution is -0.0234. The Balaban J connectivity index is 1.40. The van der Waals surface area contributed by atoms with Gasteiger partial charge in [0, 0.05) is 39.5 Å². The van der Waals surface area contributed by atoms with Gasteiger partial charge >= 0.3 is 0 Å². The molecule has 0 bridgehead atoms. The Bertz CT molecular complexity index is 1270. The predicted octanol–water partition coefficient (Wildman–Crippen LogP) is 6.67. The fourth-order valence-electron chi connectivity index (χ4n) is 4.67. The Hall–Kier alpha value is -2.36. The monoisotopic (exact) mass is 534 g/mol. The van der Waals surface area contributed by atoms with Crippen LogP contribution in [0.3, 0.4) is 0 Å². The molecule has 0 amide bonds. The van der Waals surface area contributed by atoms with E-state index in [1.165, 1.54) is 4.70 Å². The van der Waals surface area contributed by atoms with Crippen LogP contribution in [-0.4, -0.2) is 60.6 Å². The fraction of sp³-hybridized carbons (Fsp3) is 0.448. The van der Waals surface area contributed by atoms with Crippen molar-refractivity contribution in [1.82, 2.24) is 19.7 Å². The summed E-state index contributed by atoms with van der Waals surface area (Å²) in [6, 6.07) is 20.2. The Morgan fingerprint density at radius 3 is 2.65 bits per heavy atom. The van der Waals surface area contributed by atoms with Crippen LogP contribution in [0.4, 0.5) is 0 Å². The third kappa shape index (κ3) is 6.75. The molecule has 1 unspecified atom stereocenters. The number of para-hydroxylation sites is 1. The third-order valence-electron chi connectivity index (χ3n) is 6.94. The lowest BCUT2D eigenvalue weighted by atomic mass is 10.0. The smallest absolute Gasteiger partial charge is 0.139 e. The van der Waals surface area contributed by atoms with Crippen molar-refractivity contribution in [2.24, 2.45) is 0 Å². The Morgan fingerprint density at radius 2 is 1.86 bits per heavy atom. The maximum Gasteiger partial charge on any atom is 0.139 e. The zero-order chi connectivity index (χ0) is 25.8. The second-order valence-electron chi connectivity index (χ2n) is 11.2. The van der Waals surface area contributed by atoms with E-state index in [0.717, 1.165) is 65.9 Å². The molecule has 6 nitrogen and oxygen atoms in total. The van der Waals surface area contributed by atoms with Crippen molar-refractivity contribution in [3.05, 3.63) is 71.4 Å². The summed E-state index contributed by atoms with van der Waals surface area (Å²) in [4.78, 5) is 7.37. The van der Waals surface area contributed by atoms with Gasteiger partial charge in [0.1, 0.15) is 17.8 Å². The van der Waals surface area contributed by atoms with Gasteiger partial charge in [-0.1, -0.05) is 50.0 Å². The van der Waals surface area contributed by atoms with Crippen molar-refractivity contribution in [2.75, 3.05) is 26.7 Å². The topological polar surface area (TPSA) is 52.4 Å². The molecule has 2 aromatic heterocycles. The number of aromatic nitrogens is 3. The molecule has 4 aromatic rings. The average Bonchev–Trinajstić information content (AvgIpc) is 3.53. The minimum absolute atomic E-state index is 0.199. The number of hydrogen-bond donors (Lipinski definition) is 0. The average molecular weight is 535 g/mol. The molecule has 3 heterocycles. The van der Waals surface area contributed by atoms with Gasteiger partial charge in [0.25, 0.3) is 0 Å². The van der Waals surface area contributed by atoms with Gasteiger partial charge in [0.15, 0.2) is 0 Å². The van der Waals surface area contributed by atoms with Crippen LogP contribution in [0.25, 0.3) is 21.5 Å². The molecule has 0 spiro atoms. The molecule has 0 aliphatic carbocycles. The molecule has 37 heavy (non-hydrogen) atoms. The molecule has 1 fully saturated rings. The van der Waals surface area contributed by atoms with Crippen LogP contribution >= 0.6 is 11.3 Å². The Labute approximate surface area is 225 Å². The second kappa shape index (κ2) is 11.6. The third-order valence-corrected chi connectivity index (χ3v) is 9.72. The molecule has 2 aromatic carbocycles. The maximum absolute atomic E-state index is 6.83. The molecule has 8 heteroatoms. The van der Waals surface area contributed by atoms with Gasteiger partial charge in [-0.3, -0.25) is 0 Å². The van der Waals surface area contributed by atoms with Crippen molar-refractivity contribution < 1.29 is 9.47 Å². The summed E-state index contributed by atoms with van der Waals surface area (Å²) >= 11 is 1.73. The molecular formula is C29H38N4O2SSi. The van der Waals surface area contributed by atoms with E-state index in [0.29, 0.717) is 6.73 Å². The van der Waals surface area contributed by atoms with Gasteiger partial charge in [0.2, 0.25) is 0 Å². The lowest BCUT2D eigenvalue weighted by Gasteiger charge is -2.31. The molecule has 5 rings (SSSR count). The number of nitrogens with zero attached hydrogens (tertiary/aromatic N) is 4. The van der Waals surface area contributed by atoms with Gasteiger partial charge < -0.3 is 14.4 Å². The number of benzene rings is 2. The molecule has 1 saturated heterocycles. The van der Waals surface area contributed by atoms with Gasteiger partial charge in [0.05, 0.1) is 22.0 Å². The standard InChI is InChI=1S/C29H38N4O2SSi/c1-32-16-13-24(14-17-32)35-28(29-31-25-10-5-6-11-27(25)36-29)23-9-7-8-22(20-23)26-12-15-30-33(26)21-34-18-19-37(2,3)4/h5-12,15,20,24,28H,13-14,16-19,21H2,1-4H3.